The Balaban J connectivity index is 1.97. The van der Waals surface area contributed by atoms with Crippen LogP contribution >= 0.6 is 15.9 Å². The summed E-state index contributed by atoms with van der Waals surface area (Å²) in [5.41, 5.74) is 2.18. The van der Waals surface area contributed by atoms with Gasteiger partial charge in [0.2, 0.25) is 0 Å². The van der Waals surface area contributed by atoms with Crippen molar-refractivity contribution in [3.8, 4) is 5.75 Å². The smallest absolute Gasteiger partial charge is 0.409 e. The van der Waals surface area contributed by atoms with E-state index < -0.39 is 0 Å². The van der Waals surface area contributed by atoms with Gasteiger partial charge in [-0.1, -0.05) is 53.2 Å². The molecule has 1 amide bonds. The van der Waals surface area contributed by atoms with E-state index in [1.165, 1.54) is 0 Å². The van der Waals surface area contributed by atoms with Crippen molar-refractivity contribution in [2.45, 2.75) is 26.4 Å². The minimum atomic E-state index is -0.288. The highest BCUT2D eigenvalue weighted by molar-refractivity contribution is 9.10. The lowest BCUT2D eigenvalue weighted by molar-refractivity contribution is 0.111. The molecule has 5 heteroatoms. The first-order chi connectivity index (χ1) is 12.1. The Morgan fingerprint density at radius 3 is 2.64 bits per heavy atom. The lowest BCUT2D eigenvalue weighted by atomic mass is 10.1. The number of hydrogen-bond acceptors (Lipinski definition) is 3. The molecule has 0 unspecified atom stereocenters. The first-order valence-corrected chi connectivity index (χ1v) is 9.22. The molecule has 0 bridgehead atoms. The van der Waals surface area contributed by atoms with Gasteiger partial charge >= 0.3 is 6.09 Å². The molecule has 0 N–H and O–H groups in total. The number of rotatable bonds is 8. The highest BCUT2D eigenvalue weighted by Crippen LogP contribution is 2.25. The standard InChI is InChI=1S/C20H24BrNO3/c1-3-13-24-20(23)22(2)12-11-17-14-18(21)9-10-19(17)25-15-16-7-5-4-6-8-16/h4-10,14H,3,11-13,15H2,1-2H3. The van der Waals surface area contributed by atoms with Crippen LogP contribution in [0.1, 0.15) is 24.5 Å². The van der Waals surface area contributed by atoms with Crippen LogP contribution in [0.4, 0.5) is 4.79 Å². The van der Waals surface area contributed by atoms with Crippen molar-refractivity contribution >= 4 is 22.0 Å². The Labute approximate surface area is 157 Å². The van der Waals surface area contributed by atoms with Crippen molar-refractivity contribution in [3.63, 3.8) is 0 Å². The number of carbonyl (C=O) groups excluding carboxylic acids is 1. The van der Waals surface area contributed by atoms with Crippen LogP contribution in [0, 0.1) is 0 Å². The quantitative estimate of drug-likeness (QED) is 0.616. The number of likely N-dealkylation sites (N-methyl/N-ethyl adjacent to an activating group) is 1. The van der Waals surface area contributed by atoms with E-state index in [2.05, 4.69) is 15.9 Å². The van der Waals surface area contributed by atoms with Gasteiger partial charge in [0.25, 0.3) is 0 Å². The van der Waals surface area contributed by atoms with Crippen molar-refractivity contribution in [2.24, 2.45) is 0 Å². The molecule has 0 radical (unpaired) electrons. The summed E-state index contributed by atoms with van der Waals surface area (Å²) >= 11 is 3.50. The molecule has 2 rings (SSSR count). The van der Waals surface area contributed by atoms with Crippen LogP contribution in [-0.2, 0) is 17.8 Å². The molecule has 2 aromatic carbocycles. The topological polar surface area (TPSA) is 38.8 Å². The van der Waals surface area contributed by atoms with Gasteiger partial charge in [0, 0.05) is 18.1 Å². The molecule has 0 aromatic heterocycles. The third-order valence-corrected chi connectivity index (χ3v) is 4.21. The maximum absolute atomic E-state index is 11.8. The molecule has 0 fully saturated rings. The van der Waals surface area contributed by atoms with E-state index in [-0.39, 0.29) is 6.09 Å². The second-order valence-corrected chi connectivity index (χ2v) is 6.73. The van der Waals surface area contributed by atoms with Crippen molar-refractivity contribution in [1.82, 2.24) is 4.90 Å². The highest BCUT2D eigenvalue weighted by atomic mass is 79.9. The van der Waals surface area contributed by atoms with Crippen LogP contribution in [0.25, 0.3) is 0 Å². The maximum Gasteiger partial charge on any atom is 0.409 e. The third-order valence-electron chi connectivity index (χ3n) is 3.72. The van der Waals surface area contributed by atoms with E-state index in [1.54, 1.807) is 11.9 Å². The van der Waals surface area contributed by atoms with Gasteiger partial charge in [0.15, 0.2) is 0 Å². The molecule has 0 aliphatic rings. The minimum Gasteiger partial charge on any atom is -0.489 e. The zero-order valence-electron chi connectivity index (χ0n) is 14.7. The van der Waals surface area contributed by atoms with Gasteiger partial charge < -0.3 is 14.4 Å². The van der Waals surface area contributed by atoms with E-state index in [1.807, 2.05) is 55.5 Å². The molecule has 0 aliphatic carbocycles. The number of carbonyl (C=O) groups is 1. The molecule has 0 saturated heterocycles. The Kier molecular flexibility index (Phi) is 7.79. The number of ether oxygens (including phenoxy) is 2. The van der Waals surface area contributed by atoms with Crippen molar-refractivity contribution in [1.29, 1.82) is 0 Å². The summed E-state index contributed by atoms with van der Waals surface area (Å²) in [5.74, 6) is 0.836. The first-order valence-electron chi connectivity index (χ1n) is 8.43. The SMILES string of the molecule is CCCOC(=O)N(C)CCc1cc(Br)ccc1OCc1ccccc1. The predicted octanol–water partition coefficient (Wildman–Crippen LogP) is 5.05. The van der Waals surface area contributed by atoms with Crippen molar-refractivity contribution in [3.05, 3.63) is 64.1 Å². The Morgan fingerprint density at radius 1 is 1.16 bits per heavy atom. The highest BCUT2D eigenvalue weighted by Gasteiger charge is 2.12. The molecular formula is C20H24BrNO3. The lowest BCUT2D eigenvalue weighted by Crippen LogP contribution is -2.29. The second-order valence-electron chi connectivity index (χ2n) is 5.81. The summed E-state index contributed by atoms with van der Waals surface area (Å²) in [5, 5.41) is 0. The Hall–Kier alpha value is -2.01. The average Bonchev–Trinajstić information content (AvgIpc) is 2.64. The zero-order valence-corrected chi connectivity index (χ0v) is 16.3. The number of hydrogen-bond donors (Lipinski definition) is 0. The van der Waals surface area contributed by atoms with E-state index in [0.717, 1.165) is 27.8 Å². The molecule has 4 nitrogen and oxygen atoms in total. The Bertz CT molecular complexity index is 676. The van der Waals surface area contributed by atoms with Gasteiger partial charge in [-0.25, -0.2) is 4.79 Å². The molecule has 0 aliphatic heterocycles. The van der Waals surface area contributed by atoms with Crippen LogP contribution < -0.4 is 4.74 Å². The van der Waals surface area contributed by atoms with Gasteiger partial charge in [-0.05, 0) is 42.2 Å². The molecule has 0 spiro atoms. The minimum absolute atomic E-state index is 0.288. The molecule has 25 heavy (non-hydrogen) atoms. The molecule has 134 valence electrons. The first kappa shape index (κ1) is 19.3. The fraction of sp³-hybridized carbons (Fsp3) is 0.350. The fourth-order valence-corrected chi connectivity index (χ4v) is 2.71. The number of nitrogens with zero attached hydrogens (tertiary/aromatic N) is 1. The number of halogens is 1. The molecular weight excluding hydrogens is 382 g/mol. The second kappa shape index (κ2) is 10.1. The summed E-state index contributed by atoms with van der Waals surface area (Å²) < 4.78 is 12.1. The third kappa shape index (κ3) is 6.42. The van der Waals surface area contributed by atoms with Gasteiger partial charge in [-0.3, -0.25) is 0 Å². The van der Waals surface area contributed by atoms with E-state index in [0.29, 0.717) is 26.2 Å². The van der Waals surface area contributed by atoms with Crippen molar-refractivity contribution in [2.75, 3.05) is 20.2 Å². The summed E-state index contributed by atoms with van der Waals surface area (Å²) in [6.45, 7) is 3.52. The van der Waals surface area contributed by atoms with Gasteiger partial charge in [0.05, 0.1) is 6.61 Å². The zero-order chi connectivity index (χ0) is 18.1. The molecule has 0 atom stereocenters. The van der Waals surface area contributed by atoms with Gasteiger partial charge in [-0.2, -0.15) is 0 Å². The average molecular weight is 406 g/mol. The molecule has 0 heterocycles. The normalized spacial score (nSPS) is 10.4. The summed E-state index contributed by atoms with van der Waals surface area (Å²) in [7, 11) is 1.75. The van der Waals surface area contributed by atoms with E-state index >= 15 is 0 Å². The molecule has 0 saturated carbocycles. The maximum atomic E-state index is 11.8. The van der Waals surface area contributed by atoms with Gasteiger partial charge in [-0.15, -0.1) is 0 Å². The van der Waals surface area contributed by atoms with Crippen LogP contribution in [0.3, 0.4) is 0 Å². The monoisotopic (exact) mass is 405 g/mol. The van der Waals surface area contributed by atoms with E-state index in [4.69, 9.17) is 9.47 Å². The van der Waals surface area contributed by atoms with E-state index in [9.17, 15) is 4.79 Å². The summed E-state index contributed by atoms with van der Waals surface area (Å²) in [6, 6.07) is 16.0. The fourth-order valence-electron chi connectivity index (χ4n) is 2.30. The van der Waals surface area contributed by atoms with Crippen LogP contribution in [0.15, 0.2) is 53.0 Å². The number of amides is 1. The summed E-state index contributed by atoms with van der Waals surface area (Å²) in [4.78, 5) is 13.4. The van der Waals surface area contributed by atoms with Crippen molar-refractivity contribution < 1.29 is 14.3 Å². The number of benzene rings is 2. The van der Waals surface area contributed by atoms with Crippen LogP contribution in [0.2, 0.25) is 0 Å². The Morgan fingerprint density at radius 2 is 1.92 bits per heavy atom. The lowest BCUT2D eigenvalue weighted by Gasteiger charge is -2.18. The van der Waals surface area contributed by atoms with Gasteiger partial charge in [0.1, 0.15) is 12.4 Å². The predicted molar refractivity (Wildman–Crippen MR) is 103 cm³/mol. The molecule has 2 aromatic rings. The largest absolute Gasteiger partial charge is 0.489 e. The van der Waals surface area contributed by atoms with Crippen LogP contribution in [0.5, 0.6) is 5.75 Å². The van der Waals surface area contributed by atoms with Crippen LogP contribution in [-0.4, -0.2) is 31.2 Å². The summed E-state index contributed by atoms with van der Waals surface area (Å²) in [6.07, 6.45) is 1.23.